The summed E-state index contributed by atoms with van der Waals surface area (Å²) in [6.45, 7) is 3.22. The number of H-pyrrole nitrogens is 1. The molecule has 8 nitrogen and oxygen atoms in total. The lowest BCUT2D eigenvalue weighted by atomic mass is 9.93. The van der Waals surface area contributed by atoms with Crippen LogP contribution in [-0.2, 0) is 4.79 Å². The van der Waals surface area contributed by atoms with E-state index in [4.69, 9.17) is 4.42 Å². The van der Waals surface area contributed by atoms with E-state index >= 15 is 0 Å². The minimum atomic E-state index is -2.78. The van der Waals surface area contributed by atoms with Gasteiger partial charge in [-0.1, -0.05) is 5.10 Å². The van der Waals surface area contributed by atoms with Gasteiger partial charge in [-0.3, -0.25) is 9.59 Å². The number of piperidine rings is 1. The standard InChI is InChI=1S/C18H21F2N5O3/c1-10(16(27)25-8-6-18(4-5-18)7-9-25)21-17-24-23-15(28-17)11-2-3-12(13(19)20)22-14(11)26/h2-3,10,13H,4-9H2,1H3,(H,21,24)(H,22,26)/t10-/m0/s1. The molecular weight excluding hydrogens is 372 g/mol. The summed E-state index contributed by atoms with van der Waals surface area (Å²) in [5.74, 6) is -0.160. The molecule has 2 aliphatic rings. The van der Waals surface area contributed by atoms with Crippen LogP contribution >= 0.6 is 0 Å². The zero-order valence-electron chi connectivity index (χ0n) is 15.4. The Balaban J connectivity index is 1.40. The second kappa shape index (κ2) is 6.99. The molecule has 10 heteroatoms. The van der Waals surface area contributed by atoms with Crippen LogP contribution in [0.15, 0.2) is 21.3 Å². The van der Waals surface area contributed by atoms with Gasteiger partial charge in [0.25, 0.3) is 17.9 Å². The second-order valence-electron chi connectivity index (χ2n) is 7.56. The molecule has 1 saturated carbocycles. The Hall–Kier alpha value is -2.78. The Labute approximate surface area is 159 Å². The molecule has 2 aromatic rings. The number of rotatable bonds is 5. The molecule has 1 amide bonds. The fourth-order valence-electron chi connectivity index (χ4n) is 3.57. The van der Waals surface area contributed by atoms with Crippen molar-refractivity contribution in [3.05, 3.63) is 28.2 Å². The number of nitrogens with zero attached hydrogens (tertiary/aromatic N) is 3. The summed E-state index contributed by atoms with van der Waals surface area (Å²) in [4.78, 5) is 28.5. The van der Waals surface area contributed by atoms with Crippen molar-refractivity contribution in [1.29, 1.82) is 0 Å². The van der Waals surface area contributed by atoms with Gasteiger partial charge in [-0.15, -0.1) is 5.10 Å². The number of aromatic amines is 1. The van der Waals surface area contributed by atoms with E-state index in [2.05, 4.69) is 20.5 Å². The van der Waals surface area contributed by atoms with Gasteiger partial charge in [-0.2, -0.15) is 0 Å². The van der Waals surface area contributed by atoms with Gasteiger partial charge in [0.2, 0.25) is 5.91 Å². The summed E-state index contributed by atoms with van der Waals surface area (Å²) >= 11 is 0. The van der Waals surface area contributed by atoms with Gasteiger partial charge < -0.3 is 19.6 Å². The zero-order chi connectivity index (χ0) is 19.9. The van der Waals surface area contributed by atoms with Crippen LogP contribution in [0.3, 0.4) is 0 Å². The highest BCUT2D eigenvalue weighted by Gasteiger charge is 2.45. The molecule has 1 spiro atoms. The molecule has 150 valence electrons. The van der Waals surface area contributed by atoms with Crippen molar-refractivity contribution in [3.8, 4) is 11.5 Å². The molecule has 1 aliphatic carbocycles. The van der Waals surface area contributed by atoms with Crippen molar-refractivity contribution in [2.75, 3.05) is 18.4 Å². The van der Waals surface area contributed by atoms with Gasteiger partial charge >= 0.3 is 6.01 Å². The van der Waals surface area contributed by atoms with Crippen molar-refractivity contribution < 1.29 is 18.0 Å². The lowest BCUT2D eigenvalue weighted by molar-refractivity contribution is -0.133. The predicted molar refractivity (Wildman–Crippen MR) is 95.9 cm³/mol. The maximum absolute atomic E-state index is 12.6. The monoisotopic (exact) mass is 393 g/mol. The molecule has 0 bridgehead atoms. The van der Waals surface area contributed by atoms with E-state index in [0.29, 0.717) is 5.41 Å². The Morgan fingerprint density at radius 3 is 2.57 bits per heavy atom. The molecule has 28 heavy (non-hydrogen) atoms. The first-order valence-electron chi connectivity index (χ1n) is 9.27. The Bertz CT molecular complexity index is 927. The summed E-state index contributed by atoms with van der Waals surface area (Å²) in [5.41, 5.74) is -0.767. The fraction of sp³-hybridized carbons (Fsp3) is 0.556. The second-order valence-corrected chi connectivity index (χ2v) is 7.56. The lowest BCUT2D eigenvalue weighted by Crippen LogP contribution is -2.45. The van der Waals surface area contributed by atoms with Crippen molar-refractivity contribution in [1.82, 2.24) is 20.1 Å². The number of anilines is 1. The summed E-state index contributed by atoms with van der Waals surface area (Å²) < 4.78 is 30.7. The Morgan fingerprint density at radius 2 is 1.96 bits per heavy atom. The molecule has 0 unspecified atom stereocenters. The van der Waals surface area contributed by atoms with Gasteiger partial charge in [-0.25, -0.2) is 8.78 Å². The molecule has 4 rings (SSSR count). The molecule has 2 fully saturated rings. The van der Waals surface area contributed by atoms with Crippen molar-refractivity contribution in [2.45, 2.75) is 45.1 Å². The number of carbonyl (C=O) groups excluding carboxylic acids is 1. The van der Waals surface area contributed by atoms with Crippen LogP contribution in [0.5, 0.6) is 0 Å². The van der Waals surface area contributed by atoms with E-state index in [0.717, 1.165) is 32.0 Å². The molecule has 1 saturated heterocycles. The number of pyridine rings is 1. The number of aromatic nitrogens is 3. The molecule has 1 aliphatic heterocycles. The third-order valence-electron chi connectivity index (χ3n) is 5.63. The maximum atomic E-state index is 12.6. The summed E-state index contributed by atoms with van der Waals surface area (Å²) in [6.07, 6.45) is 1.86. The van der Waals surface area contributed by atoms with Crippen molar-refractivity contribution >= 4 is 11.9 Å². The van der Waals surface area contributed by atoms with Crippen molar-refractivity contribution in [3.63, 3.8) is 0 Å². The number of hydrogen-bond acceptors (Lipinski definition) is 6. The van der Waals surface area contributed by atoms with E-state index in [1.807, 2.05) is 4.90 Å². The third-order valence-corrected chi connectivity index (χ3v) is 5.63. The van der Waals surface area contributed by atoms with Gasteiger partial charge in [0.15, 0.2) is 0 Å². The highest BCUT2D eigenvalue weighted by atomic mass is 19.3. The fourth-order valence-corrected chi connectivity index (χ4v) is 3.57. The van der Waals surface area contributed by atoms with Crippen LogP contribution in [-0.4, -0.2) is 45.1 Å². The first-order valence-corrected chi connectivity index (χ1v) is 9.27. The Kier molecular flexibility index (Phi) is 4.64. The number of hydrogen-bond donors (Lipinski definition) is 2. The number of halogens is 2. The number of nitrogens with one attached hydrogen (secondary N) is 2. The van der Waals surface area contributed by atoms with E-state index in [9.17, 15) is 18.4 Å². The largest absolute Gasteiger partial charge is 0.403 e. The number of likely N-dealkylation sites (tertiary alicyclic amines) is 1. The maximum Gasteiger partial charge on any atom is 0.316 e. The summed E-state index contributed by atoms with van der Waals surface area (Å²) in [7, 11) is 0. The van der Waals surface area contributed by atoms with Crippen molar-refractivity contribution in [2.24, 2.45) is 5.41 Å². The average molecular weight is 393 g/mol. The number of carbonyl (C=O) groups is 1. The predicted octanol–water partition coefficient (Wildman–Crippen LogP) is 2.57. The van der Waals surface area contributed by atoms with Crippen LogP contribution in [0.2, 0.25) is 0 Å². The van der Waals surface area contributed by atoms with E-state index in [-0.39, 0.29) is 23.4 Å². The first-order chi connectivity index (χ1) is 13.4. The van der Waals surface area contributed by atoms with E-state index in [1.165, 1.54) is 18.9 Å². The summed E-state index contributed by atoms with van der Waals surface area (Å²) in [5, 5.41) is 10.4. The first kappa shape index (κ1) is 18.6. The van der Waals surface area contributed by atoms with Gasteiger partial charge in [0, 0.05) is 13.1 Å². The molecule has 2 N–H and O–H groups in total. The van der Waals surface area contributed by atoms with Gasteiger partial charge in [0.1, 0.15) is 11.6 Å². The minimum Gasteiger partial charge on any atom is -0.403 e. The highest BCUT2D eigenvalue weighted by Crippen LogP contribution is 2.53. The number of amides is 1. The smallest absolute Gasteiger partial charge is 0.316 e. The highest BCUT2D eigenvalue weighted by molar-refractivity contribution is 5.83. The average Bonchev–Trinajstić information content (AvgIpc) is 3.27. The van der Waals surface area contributed by atoms with E-state index in [1.54, 1.807) is 6.92 Å². The van der Waals surface area contributed by atoms with Crippen LogP contribution in [0.1, 0.15) is 44.7 Å². The molecule has 0 aromatic carbocycles. The van der Waals surface area contributed by atoms with Gasteiger partial charge in [-0.05, 0) is 50.2 Å². The summed E-state index contributed by atoms with van der Waals surface area (Å²) in [6, 6.07) is 1.71. The molecular formula is C18H21F2N5O3. The molecule has 0 radical (unpaired) electrons. The minimum absolute atomic E-state index is 0.0103. The van der Waals surface area contributed by atoms with Gasteiger partial charge in [0.05, 0.1) is 5.69 Å². The number of alkyl halides is 2. The zero-order valence-corrected chi connectivity index (χ0v) is 15.4. The van der Waals surface area contributed by atoms with E-state index < -0.39 is 23.7 Å². The quantitative estimate of drug-likeness (QED) is 0.809. The molecule has 2 aromatic heterocycles. The molecule has 1 atom stereocenters. The third kappa shape index (κ3) is 3.63. The van der Waals surface area contributed by atoms with Crippen LogP contribution in [0.25, 0.3) is 11.5 Å². The van der Waals surface area contributed by atoms with Crippen LogP contribution in [0, 0.1) is 5.41 Å². The molecule has 3 heterocycles. The lowest BCUT2D eigenvalue weighted by Gasteiger charge is -2.33. The van der Waals surface area contributed by atoms with Crippen LogP contribution < -0.4 is 10.9 Å². The van der Waals surface area contributed by atoms with Crippen LogP contribution in [0.4, 0.5) is 14.8 Å². The Morgan fingerprint density at radius 1 is 1.25 bits per heavy atom. The normalized spacial score (nSPS) is 19.1. The SMILES string of the molecule is C[C@H](Nc1nnc(-c2ccc(C(F)F)[nH]c2=O)o1)C(=O)N1CCC2(CC1)CC2. The topological polar surface area (TPSA) is 104 Å².